The van der Waals surface area contributed by atoms with Gasteiger partial charge in [-0.25, -0.2) is 4.79 Å². The minimum absolute atomic E-state index is 0.0821. The van der Waals surface area contributed by atoms with Crippen molar-refractivity contribution in [2.75, 3.05) is 26.6 Å². The molecular formula is C19H20N2O6. The Labute approximate surface area is 155 Å². The number of ether oxygens (including phenoxy) is 3. The third-order valence-electron chi connectivity index (χ3n) is 4.08. The fourth-order valence-corrected chi connectivity index (χ4v) is 2.87. The van der Waals surface area contributed by atoms with E-state index in [-0.39, 0.29) is 18.1 Å². The minimum Gasteiger partial charge on any atom is -0.493 e. The van der Waals surface area contributed by atoms with E-state index in [0.717, 1.165) is 0 Å². The van der Waals surface area contributed by atoms with Crippen LogP contribution in [0, 0.1) is 6.92 Å². The van der Waals surface area contributed by atoms with Crippen LogP contribution >= 0.6 is 0 Å². The summed E-state index contributed by atoms with van der Waals surface area (Å²) < 4.78 is 22.3. The average Bonchev–Trinajstić information content (AvgIpc) is 3.18. The number of aromatic nitrogens is 1. The van der Waals surface area contributed by atoms with Gasteiger partial charge in [0.05, 0.1) is 26.8 Å². The first-order chi connectivity index (χ1) is 13.0. The highest BCUT2D eigenvalue weighted by molar-refractivity contribution is 5.97. The molecule has 0 bridgehead atoms. The van der Waals surface area contributed by atoms with Gasteiger partial charge in [0.1, 0.15) is 18.0 Å². The second-order valence-electron chi connectivity index (χ2n) is 5.83. The number of furan rings is 1. The van der Waals surface area contributed by atoms with Gasteiger partial charge in [0.25, 0.3) is 0 Å². The number of carbonyl (C=O) groups is 2. The Bertz CT molecular complexity index is 1000. The number of hydrogen-bond donors (Lipinski definition) is 1. The maximum absolute atomic E-state index is 12.6. The van der Waals surface area contributed by atoms with Crippen LogP contribution in [0.25, 0.3) is 11.1 Å². The molecule has 0 spiro atoms. The lowest BCUT2D eigenvalue weighted by atomic mass is 10.2. The van der Waals surface area contributed by atoms with Crippen molar-refractivity contribution in [2.24, 2.45) is 0 Å². The molecule has 8 heteroatoms. The van der Waals surface area contributed by atoms with E-state index in [1.807, 2.05) is 0 Å². The summed E-state index contributed by atoms with van der Waals surface area (Å²) in [4.78, 5) is 24.6. The fraction of sp³-hybridized carbons (Fsp3) is 0.263. The zero-order valence-corrected chi connectivity index (χ0v) is 15.5. The van der Waals surface area contributed by atoms with Crippen LogP contribution in [0.3, 0.4) is 0 Å². The van der Waals surface area contributed by atoms with Gasteiger partial charge < -0.3 is 28.5 Å². The lowest BCUT2D eigenvalue weighted by Crippen LogP contribution is -2.21. The number of amides is 1. The van der Waals surface area contributed by atoms with Gasteiger partial charge in [-0.1, -0.05) is 0 Å². The summed E-state index contributed by atoms with van der Waals surface area (Å²) in [5.74, 6) is 0.885. The lowest BCUT2D eigenvalue weighted by molar-refractivity contribution is -0.116. The van der Waals surface area contributed by atoms with Crippen molar-refractivity contribution < 1.29 is 28.2 Å². The molecule has 0 atom stereocenters. The number of methoxy groups -OCH3 is 3. The van der Waals surface area contributed by atoms with Crippen LogP contribution in [0.15, 0.2) is 34.7 Å². The molecular weight excluding hydrogens is 352 g/mol. The Morgan fingerprint density at radius 3 is 2.48 bits per heavy atom. The summed E-state index contributed by atoms with van der Waals surface area (Å²) in [5.41, 5.74) is 1.96. The first-order valence-corrected chi connectivity index (χ1v) is 8.16. The molecule has 0 radical (unpaired) electrons. The van der Waals surface area contributed by atoms with Gasteiger partial charge >= 0.3 is 5.97 Å². The second-order valence-corrected chi connectivity index (χ2v) is 5.83. The molecule has 0 saturated heterocycles. The molecule has 8 nitrogen and oxygen atoms in total. The van der Waals surface area contributed by atoms with Crippen LogP contribution in [-0.4, -0.2) is 37.8 Å². The smallest absolute Gasteiger partial charge is 0.354 e. The number of fused-ring (bicyclic) bond motifs is 1. The third kappa shape index (κ3) is 3.59. The van der Waals surface area contributed by atoms with Crippen molar-refractivity contribution in [1.29, 1.82) is 0 Å². The maximum atomic E-state index is 12.6. The van der Waals surface area contributed by atoms with E-state index in [4.69, 9.17) is 18.6 Å². The number of hydrogen-bond acceptors (Lipinski definition) is 6. The Balaban J connectivity index is 1.86. The van der Waals surface area contributed by atoms with Crippen LogP contribution in [-0.2, 0) is 16.1 Å². The van der Waals surface area contributed by atoms with E-state index in [0.29, 0.717) is 34.0 Å². The van der Waals surface area contributed by atoms with Crippen molar-refractivity contribution >= 4 is 28.7 Å². The highest BCUT2D eigenvalue weighted by Crippen LogP contribution is 2.30. The molecule has 2 heterocycles. The van der Waals surface area contributed by atoms with E-state index in [1.54, 1.807) is 41.8 Å². The molecule has 2 aromatic heterocycles. The number of aryl methyl sites for hydroxylation is 1. The Morgan fingerprint density at radius 2 is 1.81 bits per heavy atom. The van der Waals surface area contributed by atoms with Gasteiger partial charge in [-0.3, -0.25) is 4.79 Å². The third-order valence-corrected chi connectivity index (χ3v) is 4.08. The number of esters is 1. The molecule has 0 aliphatic rings. The molecule has 3 rings (SSSR count). The number of nitrogens with zero attached hydrogens (tertiary/aromatic N) is 1. The topological polar surface area (TPSA) is 91.9 Å². The average molecular weight is 372 g/mol. The largest absolute Gasteiger partial charge is 0.493 e. The molecule has 0 unspecified atom stereocenters. The van der Waals surface area contributed by atoms with Gasteiger partial charge in [-0.2, -0.15) is 0 Å². The SMILES string of the molecule is COC(=O)c1cc2oc(C)cc2n1CC(=O)Nc1ccc(OC)c(OC)c1. The monoisotopic (exact) mass is 372 g/mol. The van der Waals surface area contributed by atoms with E-state index >= 15 is 0 Å². The quantitative estimate of drug-likeness (QED) is 0.669. The number of anilines is 1. The van der Waals surface area contributed by atoms with Gasteiger partial charge in [0.2, 0.25) is 5.91 Å². The molecule has 1 amide bonds. The second kappa shape index (κ2) is 7.45. The molecule has 3 aromatic rings. The van der Waals surface area contributed by atoms with Crippen molar-refractivity contribution in [3.8, 4) is 11.5 Å². The van der Waals surface area contributed by atoms with Crippen LogP contribution in [0.4, 0.5) is 5.69 Å². The summed E-state index contributed by atoms with van der Waals surface area (Å²) in [6, 6.07) is 8.39. The van der Waals surface area contributed by atoms with Crippen molar-refractivity contribution in [2.45, 2.75) is 13.5 Å². The van der Waals surface area contributed by atoms with Gasteiger partial charge in [-0.15, -0.1) is 0 Å². The zero-order valence-electron chi connectivity index (χ0n) is 15.5. The molecule has 142 valence electrons. The molecule has 0 aliphatic carbocycles. The Hall–Kier alpha value is -3.42. The van der Waals surface area contributed by atoms with Crippen LogP contribution in [0.2, 0.25) is 0 Å². The molecule has 0 aliphatic heterocycles. The molecule has 1 N–H and O–H groups in total. The number of carbonyl (C=O) groups excluding carboxylic acids is 2. The van der Waals surface area contributed by atoms with Gasteiger partial charge in [0.15, 0.2) is 17.1 Å². The number of nitrogens with one attached hydrogen (secondary N) is 1. The zero-order chi connectivity index (χ0) is 19.6. The highest BCUT2D eigenvalue weighted by Gasteiger charge is 2.21. The molecule has 0 fully saturated rings. The molecule has 1 aromatic carbocycles. The summed E-state index contributed by atoms with van der Waals surface area (Å²) in [7, 11) is 4.34. The minimum atomic E-state index is -0.544. The maximum Gasteiger partial charge on any atom is 0.354 e. The Morgan fingerprint density at radius 1 is 1.07 bits per heavy atom. The summed E-state index contributed by atoms with van der Waals surface area (Å²) in [6.07, 6.45) is 0. The van der Waals surface area contributed by atoms with Gasteiger partial charge in [-0.05, 0) is 19.1 Å². The predicted octanol–water partition coefficient (Wildman–Crippen LogP) is 2.99. The fourth-order valence-electron chi connectivity index (χ4n) is 2.87. The van der Waals surface area contributed by atoms with E-state index in [1.165, 1.54) is 21.3 Å². The van der Waals surface area contributed by atoms with Crippen molar-refractivity contribution in [1.82, 2.24) is 4.57 Å². The van der Waals surface area contributed by atoms with Crippen LogP contribution in [0.5, 0.6) is 11.5 Å². The highest BCUT2D eigenvalue weighted by atomic mass is 16.5. The first kappa shape index (κ1) is 18.4. The van der Waals surface area contributed by atoms with Crippen molar-refractivity contribution in [3.63, 3.8) is 0 Å². The normalized spacial score (nSPS) is 10.7. The van der Waals surface area contributed by atoms with Crippen LogP contribution < -0.4 is 14.8 Å². The predicted molar refractivity (Wildman–Crippen MR) is 98.5 cm³/mol. The molecule has 27 heavy (non-hydrogen) atoms. The van der Waals surface area contributed by atoms with Crippen LogP contribution in [0.1, 0.15) is 16.2 Å². The lowest BCUT2D eigenvalue weighted by Gasteiger charge is -2.12. The van der Waals surface area contributed by atoms with E-state index < -0.39 is 5.97 Å². The molecule has 0 saturated carbocycles. The van der Waals surface area contributed by atoms with E-state index in [2.05, 4.69) is 5.32 Å². The standard InChI is InChI=1S/C19H20N2O6/c1-11-7-13-16(27-11)9-14(19(23)26-4)21(13)10-18(22)20-12-5-6-15(24-2)17(8-12)25-3/h5-9H,10H2,1-4H3,(H,20,22). The number of rotatable bonds is 6. The van der Waals surface area contributed by atoms with Gasteiger partial charge in [0, 0.05) is 23.9 Å². The summed E-state index contributed by atoms with van der Waals surface area (Å²) in [6.45, 7) is 1.72. The summed E-state index contributed by atoms with van der Waals surface area (Å²) in [5, 5.41) is 2.78. The van der Waals surface area contributed by atoms with E-state index in [9.17, 15) is 9.59 Å². The Kier molecular flexibility index (Phi) is 5.07. The van der Waals surface area contributed by atoms with Crippen molar-refractivity contribution in [3.05, 3.63) is 41.8 Å². The summed E-state index contributed by atoms with van der Waals surface area (Å²) >= 11 is 0. The number of benzene rings is 1. The first-order valence-electron chi connectivity index (χ1n) is 8.16.